The Morgan fingerprint density at radius 1 is 1.29 bits per heavy atom. The molecule has 2 heterocycles. The van der Waals surface area contributed by atoms with Crippen LogP contribution in [0.5, 0.6) is 0 Å². The van der Waals surface area contributed by atoms with Gasteiger partial charge < -0.3 is 14.4 Å². The molecule has 0 bridgehead atoms. The fourth-order valence-electron chi connectivity index (χ4n) is 2.81. The van der Waals surface area contributed by atoms with Crippen molar-refractivity contribution < 1.29 is 4.52 Å². The van der Waals surface area contributed by atoms with Gasteiger partial charge in [-0.05, 0) is 52.1 Å². The third-order valence-electron chi connectivity index (χ3n) is 4.18. The number of aryl methyl sites for hydroxylation is 1. The van der Waals surface area contributed by atoms with Crippen molar-refractivity contribution in [2.24, 2.45) is 0 Å². The van der Waals surface area contributed by atoms with Crippen molar-refractivity contribution in [3.63, 3.8) is 0 Å². The molecule has 1 unspecified atom stereocenters. The van der Waals surface area contributed by atoms with Gasteiger partial charge in [-0.25, -0.2) is 0 Å². The molecule has 6 heteroatoms. The van der Waals surface area contributed by atoms with Gasteiger partial charge in [0, 0.05) is 34.0 Å². The van der Waals surface area contributed by atoms with Crippen molar-refractivity contribution in [3.8, 4) is 17.1 Å². The topological polar surface area (TPSA) is 55.9 Å². The number of aromatic nitrogens is 3. The van der Waals surface area contributed by atoms with E-state index in [1.54, 1.807) is 0 Å². The van der Waals surface area contributed by atoms with Crippen molar-refractivity contribution in [2.45, 2.75) is 33.2 Å². The molecular formula is C18H21BrN4O. The van der Waals surface area contributed by atoms with Gasteiger partial charge in [0.15, 0.2) is 5.82 Å². The average Bonchev–Trinajstić information content (AvgIpc) is 3.11. The van der Waals surface area contributed by atoms with E-state index >= 15 is 0 Å². The minimum absolute atomic E-state index is 0.310. The fraction of sp³-hybridized carbons (Fsp3) is 0.333. The molecule has 0 amide bonds. The van der Waals surface area contributed by atoms with Crippen molar-refractivity contribution in [3.05, 3.63) is 52.0 Å². The predicted molar refractivity (Wildman–Crippen MR) is 98.5 cm³/mol. The Morgan fingerprint density at radius 3 is 2.79 bits per heavy atom. The fourth-order valence-corrected chi connectivity index (χ4v) is 3.20. The molecule has 1 N–H and O–H groups in total. The van der Waals surface area contributed by atoms with Crippen LogP contribution >= 0.6 is 15.9 Å². The summed E-state index contributed by atoms with van der Waals surface area (Å²) in [6.45, 7) is 6.25. The van der Waals surface area contributed by atoms with E-state index in [1.165, 1.54) is 0 Å². The zero-order chi connectivity index (χ0) is 17.3. The maximum absolute atomic E-state index is 5.49. The van der Waals surface area contributed by atoms with Crippen LogP contribution in [-0.4, -0.2) is 27.8 Å². The Balaban J connectivity index is 1.97. The second-order valence-corrected chi connectivity index (χ2v) is 6.93. The molecule has 0 radical (unpaired) electrons. The summed E-state index contributed by atoms with van der Waals surface area (Å²) in [5.74, 6) is 1.29. The van der Waals surface area contributed by atoms with Crippen LogP contribution in [0.3, 0.4) is 0 Å². The molecule has 2 aromatic heterocycles. The zero-order valence-electron chi connectivity index (χ0n) is 14.3. The molecule has 0 saturated carbocycles. The van der Waals surface area contributed by atoms with Crippen molar-refractivity contribution in [2.75, 3.05) is 7.05 Å². The number of rotatable bonds is 5. The summed E-state index contributed by atoms with van der Waals surface area (Å²) < 4.78 is 8.74. The van der Waals surface area contributed by atoms with Gasteiger partial charge in [0.05, 0.1) is 5.56 Å². The lowest BCUT2D eigenvalue weighted by atomic mass is 10.2. The number of hydrogen-bond donors (Lipinski definition) is 1. The maximum atomic E-state index is 5.49. The second kappa shape index (κ2) is 6.91. The lowest BCUT2D eigenvalue weighted by Crippen LogP contribution is -2.24. The van der Waals surface area contributed by atoms with E-state index in [1.807, 2.05) is 19.2 Å². The molecule has 3 rings (SSSR count). The molecule has 0 fully saturated rings. The first-order valence-corrected chi connectivity index (χ1v) is 8.74. The minimum Gasteiger partial charge on any atom is -0.334 e. The number of nitrogens with zero attached hydrogens (tertiary/aromatic N) is 3. The third-order valence-corrected chi connectivity index (χ3v) is 4.67. The van der Waals surface area contributed by atoms with Crippen molar-refractivity contribution >= 4 is 15.9 Å². The molecule has 0 aliphatic heterocycles. The highest BCUT2D eigenvalue weighted by molar-refractivity contribution is 9.10. The highest BCUT2D eigenvalue weighted by Crippen LogP contribution is 2.29. The van der Waals surface area contributed by atoms with Crippen molar-refractivity contribution in [1.29, 1.82) is 0 Å². The van der Waals surface area contributed by atoms with Gasteiger partial charge in [-0.1, -0.05) is 27.2 Å². The third kappa shape index (κ3) is 3.30. The standard InChI is InChI=1S/C18H21BrN4O/c1-11(20-4)8-17-21-18(24-22-17)16-9-12(2)23(13(16)3)15-7-5-6-14(19)10-15/h5-7,9-11,20H,8H2,1-4H3. The van der Waals surface area contributed by atoms with Crippen LogP contribution in [0, 0.1) is 13.8 Å². The highest BCUT2D eigenvalue weighted by atomic mass is 79.9. The van der Waals surface area contributed by atoms with E-state index in [9.17, 15) is 0 Å². The summed E-state index contributed by atoms with van der Waals surface area (Å²) in [6, 6.07) is 10.6. The predicted octanol–water partition coefficient (Wildman–Crippen LogP) is 4.06. The molecule has 24 heavy (non-hydrogen) atoms. The maximum Gasteiger partial charge on any atom is 0.259 e. The van der Waals surface area contributed by atoms with E-state index in [0.717, 1.165) is 39.4 Å². The summed E-state index contributed by atoms with van der Waals surface area (Å²) in [5.41, 5.74) is 4.30. The minimum atomic E-state index is 0.310. The van der Waals surface area contributed by atoms with Gasteiger partial charge in [0.1, 0.15) is 0 Å². The monoisotopic (exact) mass is 388 g/mol. The lowest BCUT2D eigenvalue weighted by molar-refractivity contribution is 0.418. The van der Waals surface area contributed by atoms with Crippen molar-refractivity contribution in [1.82, 2.24) is 20.0 Å². The smallest absolute Gasteiger partial charge is 0.259 e. The van der Waals surface area contributed by atoms with E-state index < -0.39 is 0 Å². The van der Waals surface area contributed by atoms with Gasteiger partial charge in [-0.2, -0.15) is 4.98 Å². The summed E-state index contributed by atoms with van der Waals surface area (Å²) in [6.07, 6.45) is 0.740. The second-order valence-electron chi connectivity index (χ2n) is 6.01. The summed E-state index contributed by atoms with van der Waals surface area (Å²) in [4.78, 5) is 4.55. The molecule has 0 aliphatic carbocycles. The highest BCUT2D eigenvalue weighted by Gasteiger charge is 2.18. The molecule has 1 aromatic carbocycles. The number of halogens is 1. The first-order chi connectivity index (χ1) is 11.5. The van der Waals surface area contributed by atoms with Crippen LogP contribution in [0.1, 0.15) is 24.1 Å². The van der Waals surface area contributed by atoms with Gasteiger partial charge in [-0.15, -0.1) is 0 Å². The first-order valence-electron chi connectivity index (χ1n) is 7.94. The molecule has 3 aromatic rings. The van der Waals surface area contributed by atoms with Crippen LogP contribution in [0.25, 0.3) is 17.1 Å². The van der Waals surface area contributed by atoms with E-state index in [2.05, 4.69) is 74.9 Å². The molecule has 1 atom stereocenters. The SMILES string of the molecule is CNC(C)Cc1noc(-c2cc(C)n(-c3cccc(Br)c3)c2C)n1. The molecule has 0 spiro atoms. The van der Waals surface area contributed by atoms with E-state index in [4.69, 9.17) is 4.52 Å². The first kappa shape index (κ1) is 16.9. The number of benzene rings is 1. The van der Waals surface area contributed by atoms with Crippen LogP contribution in [0.2, 0.25) is 0 Å². The largest absolute Gasteiger partial charge is 0.334 e. The van der Waals surface area contributed by atoms with E-state index in [-0.39, 0.29) is 0 Å². The quantitative estimate of drug-likeness (QED) is 0.715. The Labute approximate surface area is 150 Å². The normalized spacial score (nSPS) is 12.5. The molecular weight excluding hydrogens is 368 g/mol. The van der Waals surface area contributed by atoms with Gasteiger partial charge >= 0.3 is 0 Å². The average molecular weight is 389 g/mol. The lowest BCUT2D eigenvalue weighted by Gasteiger charge is -2.09. The summed E-state index contributed by atoms with van der Waals surface area (Å²) in [5, 5.41) is 7.29. The Morgan fingerprint density at radius 2 is 2.08 bits per heavy atom. The Bertz CT molecular complexity index is 853. The number of likely N-dealkylation sites (N-methyl/N-ethyl adjacent to an activating group) is 1. The number of hydrogen-bond acceptors (Lipinski definition) is 4. The van der Waals surface area contributed by atoms with Crippen LogP contribution < -0.4 is 5.32 Å². The summed E-state index contributed by atoms with van der Waals surface area (Å²) >= 11 is 3.53. The van der Waals surface area contributed by atoms with Gasteiger partial charge in [-0.3, -0.25) is 0 Å². The molecule has 5 nitrogen and oxygen atoms in total. The Kier molecular flexibility index (Phi) is 4.87. The van der Waals surface area contributed by atoms with Crippen LogP contribution in [-0.2, 0) is 6.42 Å². The zero-order valence-corrected chi connectivity index (χ0v) is 15.9. The molecule has 126 valence electrons. The van der Waals surface area contributed by atoms with Crippen LogP contribution in [0.15, 0.2) is 39.3 Å². The van der Waals surface area contributed by atoms with Gasteiger partial charge in [0.2, 0.25) is 0 Å². The van der Waals surface area contributed by atoms with Crippen LogP contribution in [0.4, 0.5) is 0 Å². The molecule has 0 saturated heterocycles. The van der Waals surface area contributed by atoms with Gasteiger partial charge in [0.25, 0.3) is 5.89 Å². The summed E-state index contributed by atoms with van der Waals surface area (Å²) in [7, 11) is 1.93. The Hall–Kier alpha value is -1.92. The van der Waals surface area contributed by atoms with E-state index in [0.29, 0.717) is 11.9 Å². The molecule has 0 aliphatic rings. The number of nitrogens with one attached hydrogen (secondary N) is 1.